The summed E-state index contributed by atoms with van der Waals surface area (Å²) in [7, 11) is 0. The van der Waals surface area contributed by atoms with Gasteiger partial charge in [0.1, 0.15) is 0 Å². The van der Waals surface area contributed by atoms with Gasteiger partial charge < -0.3 is 0 Å². The number of ketones is 1. The lowest BCUT2D eigenvalue weighted by molar-refractivity contribution is 0.104. The molecule has 0 saturated heterocycles. The molecule has 3 aromatic rings. The third kappa shape index (κ3) is 2.04. The van der Waals surface area contributed by atoms with E-state index in [2.05, 4.69) is 4.98 Å². The lowest BCUT2D eigenvalue weighted by atomic mass is 9.99. The summed E-state index contributed by atoms with van der Waals surface area (Å²) in [4.78, 5) is 16.8. The predicted octanol–water partition coefficient (Wildman–Crippen LogP) is 3.34. The zero-order valence-electron chi connectivity index (χ0n) is 10.6. The van der Waals surface area contributed by atoms with Gasteiger partial charge >= 0.3 is 0 Å². The van der Waals surface area contributed by atoms with Crippen LogP contribution in [0.1, 0.15) is 21.5 Å². The van der Waals surface area contributed by atoms with Crippen LogP contribution < -0.4 is 0 Å². The molecule has 0 radical (unpaired) electrons. The Morgan fingerprint density at radius 1 is 1.05 bits per heavy atom. The third-order valence-corrected chi connectivity index (χ3v) is 3.15. The number of pyridine rings is 1. The molecule has 0 atom stereocenters. The van der Waals surface area contributed by atoms with E-state index in [9.17, 15) is 4.79 Å². The molecule has 3 heteroatoms. The number of hydrogen-bond donors (Lipinski definition) is 0. The minimum absolute atomic E-state index is 0.0966. The molecule has 0 aliphatic heterocycles. The number of nitrogens with zero attached hydrogens (tertiary/aromatic N) is 2. The van der Waals surface area contributed by atoms with Crippen molar-refractivity contribution in [2.24, 2.45) is 0 Å². The van der Waals surface area contributed by atoms with Crippen molar-refractivity contribution in [2.45, 2.75) is 0 Å². The lowest BCUT2D eigenvalue weighted by Gasteiger charge is -2.05. The van der Waals surface area contributed by atoms with Crippen LogP contribution in [0.15, 0.2) is 60.8 Å². The Morgan fingerprint density at radius 2 is 1.90 bits per heavy atom. The highest BCUT2D eigenvalue weighted by Crippen LogP contribution is 2.20. The lowest BCUT2D eigenvalue weighted by Crippen LogP contribution is -2.03. The second kappa shape index (κ2) is 4.94. The first-order chi connectivity index (χ1) is 9.79. The Morgan fingerprint density at radius 3 is 2.75 bits per heavy atom. The van der Waals surface area contributed by atoms with Gasteiger partial charge in [-0.3, -0.25) is 9.78 Å². The molecule has 0 saturated carbocycles. The van der Waals surface area contributed by atoms with Crippen LogP contribution in [0.25, 0.3) is 10.9 Å². The summed E-state index contributed by atoms with van der Waals surface area (Å²) < 4.78 is 0. The number of carbonyl (C=O) groups excluding carboxylic acids is 1. The summed E-state index contributed by atoms with van der Waals surface area (Å²) in [6.45, 7) is 0. The molecule has 1 aromatic heterocycles. The molecule has 0 fully saturated rings. The quantitative estimate of drug-likeness (QED) is 0.662. The number of para-hydroxylation sites is 1. The van der Waals surface area contributed by atoms with Crippen molar-refractivity contribution >= 4 is 16.7 Å². The van der Waals surface area contributed by atoms with Crippen LogP contribution in [0.2, 0.25) is 0 Å². The molecule has 20 heavy (non-hydrogen) atoms. The summed E-state index contributed by atoms with van der Waals surface area (Å²) in [5.74, 6) is -0.0966. The maximum absolute atomic E-state index is 12.6. The minimum atomic E-state index is -0.0966. The van der Waals surface area contributed by atoms with E-state index >= 15 is 0 Å². The van der Waals surface area contributed by atoms with E-state index in [1.54, 1.807) is 36.5 Å². The smallest absolute Gasteiger partial charge is 0.193 e. The number of rotatable bonds is 2. The Balaban J connectivity index is 2.16. The van der Waals surface area contributed by atoms with Crippen molar-refractivity contribution in [2.75, 3.05) is 0 Å². The van der Waals surface area contributed by atoms with Gasteiger partial charge in [0.15, 0.2) is 5.78 Å². The molecular formula is C17H10N2O. The largest absolute Gasteiger partial charge is 0.289 e. The van der Waals surface area contributed by atoms with E-state index in [0.29, 0.717) is 16.7 Å². The Hall–Kier alpha value is -2.99. The van der Waals surface area contributed by atoms with Crippen LogP contribution in [0.4, 0.5) is 0 Å². The van der Waals surface area contributed by atoms with E-state index in [-0.39, 0.29) is 5.78 Å². The molecule has 0 amide bonds. The van der Waals surface area contributed by atoms with Crippen LogP contribution in [-0.2, 0) is 0 Å². The molecule has 0 unspecified atom stereocenters. The number of nitriles is 1. The van der Waals surface area contributed by atoms with E-state index in [4.69, 9.17) is 5.26 Å². The van der Waals surface area contributed by atoms with Crippen LogP contribution in [0, 0.1) is 11.3 Å². The normalized spacial score (nSPS) is 10.2. The average Bonchev–Trinajstić information content (AvgIpc) is 2.53. The highest BCUT2D eigenvalue weighted by atomic mass is 16.1. The van der Waals surface area contributed by atoms with Gasteiger partial charge in [-0.25, -0.2) is 0 Å². The van der Waals surface area contributed by atoms with Gasteiger partial charge in [0.2, 0.25) is 0 Å². The highest BCUT2D eigenvalue weighted by Gasteiger charge is 2.13. The monoisotopic (exact) mass is 258 g/mol. The molecule has 2 aromatic carbocycles. The molecule has 0 bridgehead atoms. The third-order valence-electron chi connectivity index (χ3n) is 3.15. The molecule has 0 spiro atoms. The van der Waals surface area contributed by atoms with E-state index in [0.717, 1.165) is 10.9 Å². The van der Waals surface area contributed by atoms with Crippen molar-refractivity contribution in [3.63, 3.8) is 0 Å². The van der Waals surface area contributed by atoms with Crippen molar-refractivity contribution in [1.29, 1.82) is 5.26 Å². The topological polar surface area (TPSA) is 53.8 Å². The molecule has 0 aliphatic carbocycles. The number of fused-ring (bicyclic) bond motifs is 1. The van der Waals surface area contributed by atoms with E-state index in [1.165, 1.54) is 0 Å². The van der Waals surface area contributed by atoms with Crippen molar-refractivity contribution in [1.82, 2.24) is 4.98 Å². The Bertz CT molecular complexity index is 841. The Kier molecular flexibility index (Phi) is 2.98. The van der Waals surface area contributed by atoms with Gasteiger partial charge in [-0.1, -0.05) is 30.3 Å². The summed E-state index contributed by atoms with van der Waals surface area (Å²) in [5, 5.41) is 9.74. The molecule has 0 aliphatic rings. The summed E-state index contributed by atoms with van der Waals surface area (Å²) in [6, 6.07) is 18.0. The summed E-state index contributed by atoms with van der Waals surface area (Å²) in [6.07, 6.45) is 1.63. The number of carbonyl (C=O) groups is 1. The van der Waals surface area contributed by atoms with Gasteiger partial charge in [0, 0.05) is 22.7 Å². The van der Waals surface area contributed by atoms with Gasteiger partial charge in [-0.2, -0.15) is 5.26 Å². The fourth-order valence-electron chi connectivity index (χ4n) is 2.18. The molecule has 3 nitrogen and oxygen atoms in total. The number of benzene rings is 2. The second-order valence-electron chi connectivity index (χ2n) is 4.40. The SMILES string of the molecule is N#Cc1cccc(C(=O)c2ccnc3ccccc23)c1. The average molecular weight is 258 g/mol. The molecular weight excluding hydrogens is 248 g/mol. The second-order valence-corrected chi connectivity index (χ2v) is 4.40. The van der Waals surface area contributed by atoms with Crippen LogP contribution >= 0.6 is 0 Å². The number of aromatic nitrogens is 1. The van der Waals surface area contributed by atoms with Crippen molar-refractivity contribution in [3.8, 4) is 6.07 Å². The molecule has 1 heterocycles. The Labute approximate surface area is 116 Å². The van der Waals surface area contributed by atoms with Crippen molar-refractivity contribution < 1.29 is 4.79 Å². The highest BCUT2D eigenvalue weighted by molar-refractivity contribution is 6.15. The summed E-state index contributed by atoms with van der Waals surface area (Å²) >= 11 is 0. The van der Waals surface area contributed by atoms with Crippen molar-refractivity contribution in [3.05, 3.63) is 77.5 Å². The molecule has 94 valence electrons. The molecule has 0 N–H and O–H groups in total. The standard InChI is InChI=1S/C17H10N2O/c18-11-12-4-3-5-13(10-12)17(20)15-8-9-19-16-7-2-1-6-14(15)16/h1-10H. The fraction of sp³-hybridized carbons (Fsp3) is 0. The van der Waals surface area contributed by atoms with Gasteiger partial charge in [-0.05, 0) is 24.3 Å². The maximum Gasteiger partial charge on any atom is 0.193 e. The van der Waals surface area contributed by atoms with Gasteiger partial charge in [-0.15, -0.1) is 0 Å². The van der Waals surface area contributed by atoms with Crippen LogP contribution in [0.3, 0.4) is 0 Å². The molecule has 3 rings (SSSR count). The predicted molar refractivity (Wildman–Crippen MR) is 76.3 cm³/mol. The van der Waals surface area contributed by atoms with E-state index in [1.807, 2.05) is 30.3 Å². The van der Waals surface area contributed by atoms with Gasteiger partial charge in [0.25, 0.3) is 0 Å². The van der Waals surface area contributed by atoms with Crippen LogP contribution in [0.5, 0.6) is 0 Å². The first kappa shape index (κ1) is 12.1. The minimum Gasteiger partial charge on any atom is -0.289 e. The summed E-state index contributed by atoms with van der Waals surface area (Å²) in [5.41, 5.74) is 2.38. The van der Waals surface area contributed by atoms with E-state index < -0.39 is 0 Å². The first-order valence-electron chi connectivity index (χ1n) is 6.18. The first-order valence-corrected chi connectivity index (χ1v) is 6.18. The zero-order chi connectivity index (χ0) is 13.9. The zero-order valence-corrected chi connectivity index (χ0v) is 10.6. The number of hydrogen-bond acceptors (Lipinski definition) is 3. The fourth-order valence-corrected chi connectivity index (χ4v) is 2.18. The van der Waals surface area contributed by atoms with Gasteiger partial charge in [0.05, 0.1) is 17.1 Å². The maximum atomic E-state index is 12.6. The van der Waals surface area contributed by atoms with Crippen LogP contribution in [-0.4, -0.2) is 10.8 Å².